The van der Waals surface area contributed by atoms with Gasteiger partial charge in [-0.3, -0.25) is 4.79 Å². The van der Waals surface area contributed by atoms with Crippen LogP contribution in [0.5, 0.6) is 0 Å². The number of nitrogens with one attached hydrogen (secondary N) is 1. The van der Waals surface area contributed by atoms with E-state index in [9.17, 15) is 4.79 Å². The van der Waals surface area contributed by atoms with Crippen molar-refractivity contribution < 1.29 is 4.79 Å². The summed E-state index contributed by atoms with van der Waals surface area (Å²) in [6, 6.07) is 7.54. The maximum Gasteiger partial charge on any atom is 0.253 e. The third kappa shape index (κ3) is 2.76. The summed E-state index contributed by atoms with van der Waals surface area (Å²) in [5, 5.41) is 7.29. The van der Waals surface area contributed by atoms with Gasteiger partial charge >= 0.3 is 0 Å². The van der Waals surface area contributed by atoms with E-state index in [2.05, 4.69) is 15.4 Å². The summed E-state index contributed by atoms with van der Waals surface area (Å²) < 4.78 is 1.64. The summed E-state index contributed by atoms with van der Waals surface area (Å²) in [4.78, 5) is 16.6. The summed E-state index contributed by atoms with van der Waals surface area (Å²) in [5.41, 5.74) is 1.42. The molecule has 2 aliphatic carbocycles. The maximum absolute atomic E-state index is 12.6. The normalized spacial score (nSPS) is 26.2. The molecule has 0 unspecified atom stereocenters. The van der Waals surface area contributed by atoms with Crippen LogP contribution < -0.4 is 5.32 Å². The molecule has 0 bridgehead atoms. The molecule has 2 aliphatic rings. The number of nitrogens with zero attached hydrogens (tertiary/aromatic N) is 3. The Morgan fingerprint density at radius 3 is 3.00 bits per heavy atom. The van der Waals surface area contributed by atoms with Gasteiger partial charge in [-0.05, 0) is 49.1 Å². The van der Waals surface area contributed by atoms with Crippen LogP contribution in [-0.4, -0.2) is 27.2 Å². The molecule has 5 nitrogen and oxygen atoms in total. The van der Waals surface area contributed by atoms with Crippen molar-refractivity contribution in [3.63, 3.8) is 0 Å². The zero-order chi connectivity index (χ0) is 15.6. The Morgan fingerprint density at radius 2 is 2.13 bits per heavy atom. The van der Waals surface area contributed by atoms with Crippen LogP contribution in [0.4, 0.5) is 0 Å². The van der Waals surface area contributed by atoms with E-state index in [-0.39, 0.29) is 5.91 Å². The fourth-order valence-electron chi connectivity index (χ4n) is 4.46. The Morgan fingerprint density at radius 1 is 1.22 bits per heavy atom. The van der Waals surface area contributed by atoms with Crippen LogP contribution in [0.3, 0.4) is 0 Å². The molecule has 2 saturated carbocycles. The lowest BCUT2D eigenvalue weighted by molar-refractivity contribution is 0.0943. The first kappa shape index (κ1) is 14.4. The van der Waals surface area contributed by atoms with Crippen molar-refractivity contribution in [3.8, 4) is 5.69 Å². The Bertz CT molecular complexity index is 682. The molecule has 23 heavy (non-hydrogen) atoms. The maximum atomic E-state index is 12.6. The molecule has 4 rings (SSSR count). The highest BCUT2D eigenvalue weighted by atomic mass is 16.1. The standard InChI is InChI=1S/C18H22N4O/c23-18(20-10-14-9-8-13-4-3-6-15(13)14)16-5-1-2-7-17(16)22-12-19-11-21-22/h1-2,5,7,11-15H,3-4,6,8-10H2,(H,20,23)/t13-,14+,15-/m0/s1. The average Bonchev–Trinajstić information content (AvgIpc) is 3.30. The number of fused-ring (bicyclic) bond motifs is 1. The zero-order valence-electron chi connectivity index (χ0n) is 13.2. The van der Waals surface area contributed by atoms with Crippen LogP contribution in [0.1, 0.15) is 42.5 Å². The van der Waals surface area contributed by atoms with Gasteiger partial charge in [0, 0.05) is 6.54 Å². The molecule has 1 amide bonds. The molecule has 3 atom stereocenters. The van der Waals surface area contributed by atoms with Crippen molar-refractivity contribution >= 4 is 5.91 Å². The minimum Gasteiger partial charge on any atom is -0.352 e. The lowest BCUT2D eigenvalue weighted by Crippen LogP contribution is -2.31. The van der Waals surface area contributed by atoms with E-state index in [1.165, 1.54) is 38.4 Å². The lowest BCUT2D eigenvalue weighted by atomic mass is 9.92. The highest BCUT2D eigenvalue weighted by molar-refractivity contribution is 5.97. The van der Waals surface area contributed by atoms with Crippen LogP contribution in [0, 0.1) is 17.8 Å². The number of carbonyl (C=O) groups excluding carboxylic acids is 1. The molecule has 2 aromatic rings. The van der Waals surface area contributed by atoms with Crippen LogP contribution >= 0.6 is 0 Å². The number of aromatic nitrogens is 3. The van der Waals surface area contributed by atoms with Crippen molar-refractivity contribution in [2.45, 2.75) is 32.1 Å². The van der Waals surface area contributed by atoms with Gasteiger partial charge in [0.1, 0.15) is 12.7 Å². The van der Waals surface area contributed by atoms with E-state index in [0.29, 0.717) is 11.5 Å². The van der Waals surface area contributed by atoms with Gasteiger partial charge in [0.15, 0.2) is 0 Å². The van der Waals surface area contributed by atoms with Gasteiger partial charge in [0.25, 0.3) is 5.91 Å². The van der Waals surface area contributed by atoms with E-state index in [1.807, 2.05) is 24.3 Å². The molecular formula is C18H22N4O. The van der Waals surface area contributed by atoms with Gasteiger partial charge in [-0.2, -0.15) is 5.10 Å². The van der Waals surface area contributed by atoms with Gasteiger partial charge in [-0.1, -0.05) is 25.0 Å². The average molecular weight is 310 g/mol. The van der Waals surface area contributed by atoms with Gasteiger partial charge < -0.3 is 5.32 Å². The lowest BCUT2D eigenvalue weighted by Gasteiger charge is -2.19. The van der Waals surface area contributed by atoms with Crippen LogP contribution in [-0.2, 0) is 0 Å². The minimum absolute atomic E-state index is 0.0162. The van der Waals surface area contributed by atoms with Gasteiger partial charge in [-0.25, -0.2) is 9.67 Å². The fraction of sp³-hybridized carbons (Fsp3) is 0.500. The fourth-order valence-corrected chi connectivity index (χ4v) is 4.46. The number of benzene rings is 1. The molecule has 1 aromatic heterocycles. The van der Waals surface area contributed by atoms with Crippen molar-refractivity contribution in [2.75, 3.05) is 6.54 Å². The number of hydrogen-bond donors (Lipinski definition) is 1. The molecule has 1 N–H and O–H groups in total. The van der Waals surface area contributed by atoms with E-state index < -0.39 is 0 Å². The molecule has 5 heteroatoms. The molecule has 0 saturated heterocycles. The highest BCUT2D eigenvalue weighted by Gasteiger charge is 2.38. The number of amides is 1. The quantitative estimate of drug-likeness (QED) is 0.944. The third-order valence-corrected chi connectivity index (χ3v) is 5.57. The predicted molar refractivity (Wildman–Crippen MR) is 87.2 cm³/mol. The number of rotatable bonds is 4. The SMILES string of the molecule is O=C(NC[C@H]1CC[C@@H]2CCC[C@@H]21)c1ccccc1-n1cncn1. The third-order valence-electron chi connectivity index (χ3n) is 5.57. The Hall–Kier alpha value is -2.17. The summed E-state index contributed by atoms with van der Waals surface area (Å²) in [5.74, 6) is 2.39. The van der Waals surface area contributed by atoms with Crippen LogP contribution in [0.25, 0.3) is 5.69 Å². The molecule has 120 valence electrons. The predicted octanol–water partition coefficient (Wildman–Crippen LogP) is 2.82. The summed E-state index contributed by atoms with van der Waals surface area (Å²) in [7, 11) is 0. The molecule has 0 spiro atoms. The second-order valence-electron chi connectivity index (χ2n) is 6.76. The molecule has 0 aliphatic heterocycles. The Labute approximate surface area is 136 Å². The molecule has 0 radical (unpaired) electrons. The van der Waals surface area contributed by atoms with E-state index in [1.54, 1.807) is 11.0 Å². The number of para-hydroxylation sites is 1. The number of carbonyl (C=O) groups is 1. The first-order valence-electron chi connectivity index (χ1n) is 8.55. The van der Waals surface area contributed by atoms with Crippen molar-refractivity contribution in [3.05, 3.63) is 42.5 Å². The molecule has 1 aromatic carbocycles. The summed E-state index contributed by atoms with van der Waals surface area (Å²) in [6.07, 6.45) is 9.82. The summed E-state index contributed by atoms with van der Waals surface area (Å²) in [6.45, 7) is 0.797. The van der Waals surface area contributed by atoms with Crippen LogP contribution in [0.2, 0.25) is 0 Å². The minimum atomic E-state index is -0.0162. The van der Waals surface area contributed by atoms with E-state index >= 15 is 0 Å². The number of hydrogen-bond acceptors (Lipinski definition) is 3. The first-order valence-corrected chi connectivity index (χ1v) is 8.55. The smallest absolute Gasteiger partial charge is 0.253 e. The first-order chi connectivity index (χ1) is 11.3. The Kier molecular flexibility index (Phi) is 3.85. The van der Waals surface area contributed by atoms with Crippen molar-refractivity contribution in [1.82, 2.24) is 20.1 Å². The Balaban J connectivity index is 1.46. The highest BCUT2D eigenvalue weighted by Crippen LogP contribution is 2.47. The monoisotopic (exact) mass is 310 g/mol. The molecule has 2 fully saturated rings. The van der Waals surface area contributed by atoms with Crippen LogP contribution in [0.15, 0.2) is 36.9 Å². The van der Waals surface area contributed by atoms with E-state index in [0.717, 1.165) is 24.1 Å². The second kappa shape index (κ2) is 6.14. The van der Waals surface area contributed by atoms with Gasteiger partial charge in [-0.15, -0.1) is 0 Å². The topological polar surface area (TPSA) is 59.8 Å². The zero-order valence-corrected chi connectivity index (χ0v) is 13.2. The largest absolute Gasteiger partial charge is 0.352 e. The van der Waals surface area contributed by atoms with E-state index in [4.69, 9.17) is 0 Å². The summed E-state index contributed by atoms with van der Waals surface area (Å²) >= 11 is 0. The molecule has 1 heterocycles. The second-order valence-corrected chi connectivity index (χ2v) is 6.76. The van der Waals surface area contributed by atoms with Gasteiger partial charge in [0.05, 0.1) is 11.3 Å². The molecular weight excluding hydrogens is 288 g/mol. The van der Waals surface area contributed by atoms with Crippen molar-refractivity contribution in [1.29, 1.82) is 0 Å². The van der Waals surface area contributed by atoms with Crippen molar-refractivity contribution in [2.24, 2.45) is 17.8 Å². The van der Waals surface area contributed by atoms with Gasteiger partial charge in [0.2, 0.25) is 0 Å².